The van der Waals surface area contributed by atoms with E-state index in [2.05, 4.69) is 4.74 Å². The van der Waals surface area contributed by atoms with Crippen molar-refractivity contribution in [2.75, 3.05) is 25.7 Å². The van der Waals surface area contributed by atoms with Crippen molar-refractivity contribution in [3.05, 3.63) is 28.3 Å². The van der Waals surface area contributed by atoms with Gasteiger partial charge in [-0.2, -0.15) is 0 Å². The molecule has 0 aliphatic carbocycles. The molecule has 21 heavy (non-hydrogen) atoms. The topological polar surface area (TPSA) is 99.0 Å². The second-order valence-electron chi connectivity index (χ2n) is 4.54. The van der Waals surface area contributed by atoms with E-state index in [0.717, 1.165) is 0 Å². The molecule has 1 aromatic rings. The van der Waals surface area contributed by atoms with Gasteiger partial charge in [-0.25, -0.2) is 0 Å². The van der Waals surface area contributed by atoms with Gasteiger partial charge < -0.3 is 14.4 Å². The Labute approximate surface area is 120 Å². The van der Waals surface area contributed by atoms with Crippen LogP contribution in [0.1, 0.15) is 6.42 Å². The van der Waals surface area contributed by atoms with E-state index in [1.54, 1.807) is 0 Å². The summed E-state index contributed by atoms with van der Waals surface area (Å²) in [5.74, 6) is -1.02. The van der Waals surface area contributed by atoms with Gasteiger partial charge in [-0.05, 0) is 6.07 Å². The maximum Gasteiger partial charge on any atom is 0.311 e. The van der Waals surface area contributed by atoms with Crippen LogP contribution in [0.25, 0.3) is 0 Å². The summed E-state index contributed by atoms with van der Waals surface area (Å²) in [6, 6.07) is 3.98. The van der Waals surface area contributed by atoms with Crippen LogP contribution < -0.4 is 9.64 Å². The van der Waals surface area contributed by atoms with Crippen molar-refractivity contribution in [2.24, 2.45) is 5.92 Å². The zero-order valence-corrected chi connectivity index (χ0v) is 11.6. The number of rotatable bonds is 4. The number of hydrogen-bond donors (Lipinski definition) is 0. The fourth-order valence-electron chi connectivity index (χ4n) is 2.27. The molecule has 2 rings (SSSR count). The van der Waals surface area contributed by atoms with Gasteiger partial charge in [0.1, 0.15) is 5.75 Å². The molecule has 8 heteroatoms. The Bertz CT molecular complexity index is 600. The molecule has 0 radical (unpaired) electrons. The minimum Gasteiger partial charge on any atom is -0.495 e. The zero-order chi connectivity index (χ0) is 15.6. The first-order valence-electron chi connectivity index (χ1n) is 6.18. The Morgan fingerprint density at radius 3 is 2.71 bits per heavy atom. The molecule has 1 atom stereocenters. The summed E-state index contributed by atoms with van der Waals surface area (Å²) in [6.07, 6.45) is 0.0124. The molecule has 0 spiro atoms. The van der Waals surface area contributed by atoms with Gasteiger partial charge in [0.15, 0.2) is 0 Å². The maximum atomic E-state index is 12.0. The van der Waals surface area contributed by atoms with E-state index in [1.165, 1.54) is 37.3 Å². The van der Waals surface area contributed by atoms with Crippen LogP contribution in [0.15, 0.2) is 18.2 Å². The minimum absolute atomic E-state index is 0.0124. The molecular weight excluding hydrogens is 280 g/mol. The molecule has 0 N–H and O–H groups in total. The number of nitrogens with zero attached hydrogens (tertiary/aromatic N) is 2. The average Bonchev–Trinajstić information content (AvgIpc) is 2.87. The quantitative estimate of drug-likeness (QED) is 0.469. The Morgan fingerprint density at radius 1 is 1.43 bits per heavy atom. The number of nitro groups is 1. The SMILES string of the molecule is COC(=O)C1CC(=O)N(c2cc([N+](=O)[O-])ccc2OC)C1. The van der Waals surface area contributed by atoms with Crippen LogP contribution in [-0.4, -0.2) is 37.6 Å². The molecule has 1 saturated heterocycles. The van der Waals surface area contributed by atoms with Crippen LogP contribution in [-0.2, 0) is 14.3 Å². The molecule has 1 heterocycles. The summed E-state index contributed by atoms with van der Waals surface area (Å²) in [5, 5.41) is 10.9. The van der Waals surface area contributed by atoms with E-state index in [1.807, 2.05) is 0 Å². The molecule has 0 bridgehead atoms. The Hall–Kier alpha value is -2.64. The number of hydrogen-bond acceptors (Lipinski definition) is 6. The fourth-order valence-corrected chi connectivity index (χ4v) is 2.27. The molecule has 1 aromatic carbocycles. The Kier molecular flexibility index (Phi) is 4.06. The second kappa shape index (κ2) is 5.78. The first-order chi connectivity index (χ1) is 9.97. The fraction of sp³-hybridized carbons (Fsp3) is 0.385. The number of carbonyl (C=O) groups is 2. The number of carbonyl (C=O) groups excluding carboxylic acids is 2. The van der Waals surface area contributed by atoms with Crippen LogP contribution in [0.5, 0.6) is 5.75 Å². The Morgan fingerprint density at radius 2 is 2.14 bits per heavy atom. The third kappa shape index (κ3) is 2.78. The van der Waals surface area contributed by atoms with Crippen LogP contribution in [0, 0.1) is 16.0 Å². The monoisotopic (exact) mass is 294 g/mol. The van der Waals surface area contributed by atoms with E-state index < -0.39 is 16.8 Å². The normalized spacial score (nSPS) is 17.7. The van der Waals surface area contributed by atoms with Gasteiger partial charge in [0.25, 0.3) is 5.69 Å². The lowest BCUT2D eigenvalue weighted by molar-refractivity contribution is -0.384. The predicted octanol–water partition coefficient (Wildman–Crippen LogP) is 1.13. The molecule has 0 saturated carbocycles. The van der Waals surface area contributed by atoms with E-state index in [0.29, 0.717) is 5.75 Å². The van der Waals surface area contributed by atoms with Gasteiger partial charge in [0.2, 0.25) is 5.91 Å². The maximum absolute atomic E-state index is 12.0. The summed E-state index contributed by atoms with van der Waals surface area (Å²) in [5.41, 5.74) is 0.128. The van der Waals surface area contributed by atoms with Crippen molar-refractivity contribution in [1.82, 2.24) is 0 Å². The molecule has 1 fully saturated rings. The number of methoxy groups -OCH3 is 2. The molecule has 112 valence electrons. The van der Waals surface area contributed by atoms with E-state index in [9.17, 15) is 19.7 Å². The van der Waals surface area contributed by atoms with Gasteiger partial charge in [-0.1, -0.05) is 0 Å². The van der Waals surface area contributed by atoms with Gasteiger partial charge in [-0.3, -0.25) is 19.7 Å². The molecule has 1 aliphatic rings. The standard InChI is InChI=1S/C13H14N2O6/c1-20-11-4-3-9(15(18)19)6-10(11)14-7-8(5-12(14)16)13(17)21-2/h3-4,6,8H,5,7H2,1-2H3. The van der Waals surface area contributed by atoms with Crippen molar-refractivity contribution in [3.8, 4) is 5.75 Å². The lowest BCUT2D eigenvalue weighted by atomic mass is 10.1. The number of amides is 1. The van der Waals surface area contributed by atoms with Crippen molar-refractivity contribution < 1.29 is 24.0 Å². The summed E-state index contributed by atoms with van der Waals surface area (Å²) in [4.78, 5) is 35.2. The van der Waals surface area contributed by atoms with Crippen molar-refractivity contribution in [2.45, 2.75) is 6.42 Å². The van der Waals surface area contributed by atoms with Gasteiger partial charge in [0, 0.05) is 25.1 Å². The van der Waals surface area contributed by atoms with Crippen LogP contribution in [0.3, 0.4) is 0 Å². The third-order valence-corrected chi connectivity index (χ3v) is 3.32. The summed E-state index contributed by atoms with van der Waals surface area (Å²) in [7, 11) is 2.66. The highest BCUT2D eigenvalue weighted by atomic mass is 16.6. The number of anilines is 1. The van der Waals surface area contributed by atoms with E-state index in [-0.39, 0.29) is 30.2 Å². The molecule has 1 unspecified atom stereocenters. The smallest absolute Gasteiger partial charge is 0.311 e. The van der Waals surface area contributed by atoms with Gasteiger partial charge in [0.05, 0.1) is 30.7 Å². The number of non-ortho nitro benzene ring substituents is 1. The highest BCUT2D eigenvalue weighted by molar-refractivity contribution is 6.00. The van der Waals surface area contributed by atoms with Gasteiger partial charge in [-0.15, -0.1) is 0 Å². The molecule has 0 aromatic heterocycles. The summed E-state index contributed by atoms with van der Waals surface area (Å²) < 4.78 is 9.76. The molecule has 1 amide bonds. The van der Waals surface area contributed by atoms with Crippen molar-refractivity contribution >= 4 is 23.3 Å². The van der Waals surface area contributed by atoms with E-state index >= 15 is 0 Å². The lowest BCUT2D eigenvalue weighted by Gasteiger charge is -2.19. The second-order valence-corrected chi connectivity index (χ2v) is 4.54. The highest BCUT2D eigenvalue weighted by Crippen LogP contribution is 2.36. The van der Waals surface area contributed by atoms with Crippen LogP contribution in [0.2, 0.25) is 0 Å². The van der Waals surface area contributed by atoms with Crippen LogP contribution >= 0.6 is 0 Å². The lowest BCUT2D eigenvalue weighted by Crippen LogP contribution is -2.26. The number of esters is 1. The summed E-state index contributed by atoms with van der Waals surface area (Å²) >= 11 is 0. The van der Waals surface area contributed by atoms with Gasteiger partial charge >= 0.3 is 5.97 Å². The van der Waals surface area contributed by atoms with Crippen LogP contribution in [0.4, 0.5) is 11.4 Å². The molecule has 1 aliphatic heterocycles. The minimum atomic E-state index is -0.577. The highest BCUT2D eigenvalue weighted by Gasteiger charge is 2.37. The number of ether oxygens (including phenoxy) is 2. The number of nitro benzene ring substituents is 1. The Balaban J connectivity index is 2.36. The average molecular weight is 294 g/mol. The largest absolute Gasteiger partial charge is 0.495 e. The molecular formula is C13H14N2O6. The number of benzene rings is 1. The first-order valence-corrected chi connectivity index (χ1v) is 6.18. The molecule has 8 nitrogen and oxygen atoms in total. The summed E-state index contributed by atoms with van der Waals surface area (Å²) in [6.45, 7) is 0.114. The van der Waals surface area contributed by atoms with E-state index in [4.69, 9.17) is 4.74 Å². The third-order valence-electron chi connectivity index (χ3n) is 3.32. The first kappa shape index (κ1) is 14.8. The predicted molar refractivity (Wildman–Crippen MR) is 72.1 cm³/mol. The zero-order valence-electron chi connectivity index (χ0n) is 11.6. The van der Waals surface area contributed by atoms with Crippen molar-refractivity contribution in [1.29, 1.82) is 0 Å². The van der Waals surface area contributed by atoms with Crippen molar-refractivity contribution in [3.63, 3.8) is 0 Å².